The summed E-state index contributed by atoms with van der Waals surface area (Å²) in [6.07, 6.45) is 5.76. The number of hydrogen-bond donors (Lipinski definition) is 0. The van der Waals surface area contributed by atoms with E-state index in [2.05, 4.69) is 5.10 Å². The van der Waals surface area contributed by atoms with Crippen LogP contribution in [0.4, 0.5) is 0 Å². The number of ether oxygens (including phenoxy) is 1. The van der Waals surface area contributed by atoms with Crippen LogP contribution >= 0.6 is 11.6 Å². The maximum absolute atomic E-state index is 12.3. The summed E-state index contributed by atoms with van der Waals surface area (Å²) in [6, 6.07) is 9.67. The highest BCUT2D eigenvalue weighted by Gasteiger charge is 2.24. The van der Waals surface area contributed by atoms with Gasteiger partial charge in [-0.1, -0.05) is 29.8 Å². The van der Waals surface area contributed by atoms with Crippen molar-refractivity contribution < 1.29 is 9.53 Å². The second-order valence-corrected chi connectivity index (χ2v) is 6.11. The first-order chi connectivity index (χ1) is 11.2. The summed E-state index contributed by atoms with van der Waals surface area (Å²) < 4.78 is 7.48. The summed E-state index contributed by atoms with van der Waals surface area (Å²) in [4.78, 5) is 14.2. The first-order valence-electron chi connectivity index (χ1n) is 7.82. The molecule has 1 aliphatic rings. The minimum atomic E-state index is 0.0221. The van der Waals surface area contributed by atoms with E-state index in [0.29, 0.717) is 18.2 Å². The zero-order valence-electron chi connectivity index (χ0n) is 12.9. The van der Waals surface area contributed by atoms with Crippen LogP contribution in [0.25, 0.3) is 0 Å². The van der Waals surface area contributed by atoms with Gasteiger partial charge in [0.25, 0.3) is 0 Å². The number of halogens is 1. The van der Waals surface area contributed by atoms with Gasteiger partial charge < -0.3 is 9.64 Å². The van der Waals surface area contributed by atoms with Gasteiger partial charge in [0.15, 0.2) is 0 Å². The number of likely N-dealkylation sites (tertiary alicyclic amines) is 1. The topological polar surface area (TPSA) is 47.4 Å². The van der Waals surface area contributed by atoms with Crippen LogP contribution in [0.3, 0.4) is 0 Å². The molecule has 0 aliphatic carbocycles. The van der Waals surface area contributed by atoms with Crippen molar-refractivity contribution in [3.8, 4) is 0 Å². The quantitative estimate of drug-likeness (QED) is 0.845. The van der Waals surface area contributed by atoms with E-state index in [1.807, 2.05) is 46.1 Å². The molecule has 3 rings (SSSR count). The molecule has 1 saturated heterocycles. The highest BCUT2D eigenvalue weighted by Crippen LogP contribution is 2.21. The predicted molar refractivity (Wildman–Crippen MR) is 88.2 cm³/mol. The Kier molecular flexibility index (Phi) is 5.31. The molecule has 122 valence electrons. The third-order valence-corrected chi connectivity index (χ3v) is 4.46. The molecular weight excluding hydrogens is 314 g/mol. The number of aromatic nitrogens is 2. The number of benzene rings is 1. The van der Waals surface area contributed by atoms with E-state index < -0.39 is 0 Å². The fourth-order valence-corrected chi connectivity index (χ4v) is 3.04. The number of piperidine rings is 1. The number of amides is 1. The fraction of sp³-hybridized carbons (Fsp3) is 0.412. The summed E-state index contributed by atoms with van der Waals surface area (Å²) in [7, 11) is 0. The van der Waals surface area contributed by atoms with E-state index in [9.17, 15) is 4.79 Å². The largest absolute Gasteiger partial charge is 0.367 e. The molecule has 1 fully saturated rings. The zero-order valence-corrected chi connectivity index (χ0v) is 13.7. The highest BCUT2D eigenvalue weighted by atomic mass is 35.5. The van der Waals surface area contributed by atoms with Crippen molar-refractivity contribution in [2.45, 2.75) is 25.5 Å². The third kappa shape index (κ3) is 4.12. The average Bonchev–Trinajstić information content (AvgIpc) is 3.11. The van der Waals surface area contributed by atoms with Gasteiger partial charge in [0.1, 0.15) is 6.61 Å². The molecule has 0 radical (unpaired) electrons. The number of rotatable bonds is 5. The molecule has 1 atom stereocenters. The first-order valence-corrected chi connectivity index (χ1v) is 8.20. The van der Waals surface area contributed by atoms with E-state index >= 15 is 0 Å². The van der Waals surface area contributed by atoms with Crippen LogP contribution < -0.4 is 0 Å². The number of nitrogens with zero attached hydrogens (tertiary/aromatic N) is 3. The molecule has 0 spiro atoms. The van der Waals surface area contributed by atoms with Gasteiger partial charge in [0.05, 0.1) is 12.6 Å². The number of carbonyl (C=O) groups is 1. The Morgan fingerprint density at radius 3 is 3.00 bits per heavy atom. The van der Waals surface area contributed by atoms with E-state index in [1.165, 1.54) is 0 Å². The van der Waals surface area contributed by atoms with Gasteiger partial charge in [0.2, 0.25) is 5.91 Å². The Labute approximate surface area is 140 Å². The molecule has 1 aromatic carbocycles. The molecule has 2 aromatic rings. The fourth-order valence-electron chi connectivity index (χ4n) is 2.85. The first kappa shape index (κ1) is 16.0. The second-order valence-electron chi connectivity index (χ2n) is 5.71. The molecule has 1 aromatic heterocycles. The lowest BCUT2D eigenvalue weighted by molar-refractivity contribution is -0.138. The van der Waals surface area contributed by atoms with Crippen LogP contribution in [0.15, 0.2) is 42.7 Å². The second kappa shape index (κ2) is 7.62. The number of hydrogen-bond acceptors (Lipinski definition) is 3. The predicted octanol–water partition coefficient (Wildman–Crippen LogP) is 2.92. The standard InChI is InChI=1S/C17H20ClN3O2/c18-16-7-2-1-5-14(16)12-23-13-17(22)20-9-3-6-15(11-20)21-10-4-8-19-21/h1-2,4-5,7-8,10,15H,3,6,9,11-13H2/t15-/m0/s1. The van der Waals surface area contributed by atoms with Crippen LogP contribution in [0.5, 0.6) is 0 Å². The van der Waals surface area contributed by atoms with Crippen LogP contribution in [-0.4, -0.2) is 40.3 Å². The molecule has 6 heteroatoms. The van der Waals surface area contributed by atoms with Gasteiger partial charge in [-0.2, -0.15) is 5.10 Å². The summed E-state index contributed by atoms with van der Waals surface area (Å²) in [5.74, 6) is 0.0221. The normalized spacial score (nSPS) is 18.1. The third-order valence-electron chi connectivity index (χ3n) is 4.09. The molecule has 1 aliphatic heterocycles. The highest BCUT2D eigenvalue weighted by molar-refractivity contribution is 6.31. The van der Waals surface area contributed by atoms with Crippen molar-refractivity contribution in [3.05, 3.63) is 53.3 Å². The molecule has 0 unspecified atom stereocenters. The van der Waals surface area contributed by atoms with Gasteiger partial charge in [-0.25, -0.2) is 0 Å². The van der Waals surface area contributed by atoms with Crippen molar-refractivity contribution in [1.82, 2.24) is 14.7 Å². The van der Waals surface area contributed by atoms with Crippen molar-refractivity contribution in [2.24, 2.45) is 0 Å². The van der Waals surface area contributed by atoms with E-state index in [0.717, 1.165) is 24.9 Å². The molecule has 0 saturated carbocycles. The van der Waals surface area contributed by atoms with Crippen LogP contribution in [-0.2, 0) is 16.1 Å². The smallest absolute Gasteiger partial charge is 0.248 e. The Balaban J connectivity index is 1.49. The number of carbonyl (C=O) groups excluding carboxylic acids is 1. The lowest BCUT2D eigenvalue weighted by atomic mass is 10.1. The Morgan fingerprint density at radius 2 is 2.22 bits per heavy atom. The lowest BCUT2D eigenvalue weighted by Gasteiger charge is -2.32. The molecular formula is C17H20ClN3O2. The Hall–Kier alpha value is -1.85. The summed E-state index contributed by atoms with van der Waals surface area (Å²) in [5, 5.41) is 4.94. The Morgan fingerprint density at radius 1 is 1.35 bits per heavy atom. The summed E-state index contributed by atoms with van der Waals surface area (Å²) in [6.45, 7) is 1.90. The lowest BCUT2D eigenvalue weighted by Crippen LogP contribution is -2.42. The van der Waals surface area contributed by atoms with E-state index in [-0.39, 0.29) is 18.6 Å². The zero-order chi connectivity index (χ0) is 16.1. The van der Waals surface area contributed by atoms with Crippen LogP contribution in [0, 0.1) is 0 Å². The molecule has 2 heterocycles. The van der Waals surface area contributed by atoms with E-state index in [1.54, 1.807) is 6.20 Å². The maximum Gasteiger partial charge on any atom is 0.248 e. The van der Waals surface area contributed by atoms with Crippen molar-refractivity contribution in [3.63, 3.8) is 0 Å². The summed E-state index contributed by atoms with van der Waals surface area (Å²) >= 11 is 6.08. The monoisotopic (exact) mass is 333 g/mol. The molecule has 1 amide bonds. The van der Waals surface area contributed by atoms with Crippen molar-refractivity contribution in [1.29, 1.82) is 0 Å². The van der Waals surface area contributed by atoms with Gasteiger partial charge >= 0.3 is 0 Å². The maximum atomic E-state index is 12.3. The molecule has 23 heavy (non-hydrogen) atoms. The van der Waals surface area contributed by atoms with Gasteiger partial charge in [-0.05, 0) is 30.5 Å². The summed E-state index contributed by atoms with van der Waals surface area (Å²) in [5.41, 5.74) is 0.898. The Bertz CT molecular complexity index is 645. The molecule has 0 N–H and O–H groups in total. The molecule has 0 bridgehead atoms. The van der Waals surface area contributed by atoms with Crippen LogP contribution in [0.1, 0.15) is 24.4 Å². The van der Waals surface area contributed by atoms with Gasteiger partial charge in [-0.3, -0.25) is 9.48 Å². The van der Waals surface area contributed by atoms with Crippen LogP contribution in [0.2, 0.25) is 5.02 Å². The van der Waals surface area contributed by atoms with Gasteiger partial charge in [0, 0.05) is 30.5 Å². The van der Waals surface area contributed by atoms with Gasteiger partial charge in [-0.15, -0.1) is 0 Å². The average molecular weight is 334 g/mol. The minimum absolute atomic E-state index is 0.0221. The minimum Gasteiger partial charge on any atom is -0.367 e. The van der Waals surface area contributed by atoms with Crippen molar-refractivity contribution >= 4 is 17.5 Å². The van der Waals surface area contributed by atoms with E-state index in [4.69, 9.17) is 16.3 Å². The van der Waals surface area contributed by atoms with Crippen molar-refractivity contribution in [2.75, 3.05) is 19.7 Å². The SMILES string of the molecule is O=C(COCc1ccccc1Cl)N1CCC[C@H](n2cccn2)C1. The molecule has 5 nitrogen and oxygen atoms in total.